The van der Waals surface area contributed by atoms with Crippen molar-refractivity contribution in [1.29, 1.82) is 0 Å². The minimum Gasteiger partial charge on any atom is -0.497 e. The van der Waals surface area contributed by atoms with Crippen LogP contribution >= 0.6 is 23.2 Å². The van der Waals surface area contributed by atoms with Crippen LogP contribution in [0.2, 0.25) is 10.0 Å². The van der Waals surface area contributed by atoms with Gasteiger partial charge in [0, 0.05) is 16.6 Å². The van der Waals surface area contributed by atoms with Gasteiger partial charge in [-0.05, 0) is 42.8 Å². The lowest BCUT2D eigenvalue weighted by molar-refractivity contribution is -0.129. The largest absolute Gasteiger partial charge is 0.497 e. The lowest BCUT2D eigenvalue weighted by Crippen LogP contribution is -2.35. The number of amides is 1. The molecule has 0 bridgehead atoms. The Morgan fingerprint density at radius 2 is 1.68 bits per heavy atom. The van der Waals surface area contributed by atoms with Crippen LogP contribution in [0.4, 0.5) is 0 Å². The molecule has 1 atom stereocenters. The Bertz CT molecular complexity index is 742. The van der Waals surface area contributed by atoms with E-state index in [4.69, 9.17) is 32.7 Å². The summed E-state index contributed by atoms with van der Waals surface area (Å²) in [5, 5.41) is 3.34. The summed E-state index contributed by atoms with van der Waals surface area (Å²) in [4.78, 5) is 24.2. The van der Waals surface area contributed by atoms with Gasteiger partial charge in [-0.25, -0.2) is 4.79 Å². The Balaban J connectivity index is 1.89. The third-order valence-electron chi connectivity index (χ3n) is 3.38. The molecule has 0 heterocycles. The van der Waals surface area contributed by atoms with E-state index in [2.05, 4.69) is 5.32 Å². The summed E-state index contributed by atoms with van der Waals surface area (Å²) in [6.07, 6.45) is -0.955. The van der Waals surface area contributed by atoms with Gasteiger partial charge in [-0.2, -0.15) is 0 Å². The summed E-state index contributed by atoms with van der Waals surface area (Å²) in [7, 11) is 1.58. The Kier molecular flexibility index (Phi) is 6.67. The normalized spacial score (nSPS) is 11.5. The van der Waals surface area contributed by atoms with Crippen molar-refractivity contribution >= 4 is 35.1 Å². The number of halogens is 2. The van der Waals surface area contributed by atoms with E-state index >= 15 is 0 Å². The lowest BCUT2D eigenvalue weighted by atomic mass is 10.2. The first-order chi connectivity index (χ1) is 11.9. The molecule has 0 unspecified atom stereocenters. The monoisotopic (exact) mass is 381 g/mol. The number of hydrogen-bond acceptors (Lipinski definition) is 4. The lowest BCUT2D eigenvalue weighted by Gasteiger charge is -2.14. The van der Waals surface area contributed by atoms with Crippen LogP contribution in [0, 0.1) is 0 Å². The van der Waals surface area contributed by atoms with Crippen molar-refractivity contribution in [3.05, 3.63) is 63.6 Å². The highest BCUT2D eigenvalue weighted by Crippen LogP contribution is 2.20. The molecule has 0 saturated heterocycles. The van der Waals surface area contributed by atoms with Gasteiger partial charge in [-0.3, -0.25) is 4.79 Å². The first kappa shape index (κ1) is 19.1. The molecule has 25 heavy (non-hydrogen) atoms. The molecule has 0 aliphatic heterocycles. The standard InChI is InChI=1S/C18H17Cl2NO4/c1-11(25-18(23)13-7-14(19)9-15(20)8-13)17(22)21-10-12-3-5-16(24-2)6-4-12/h3-9,11H,10H2,1-2H3,(H,21,22)/t11-/m0/s1. The average Bonchev–Trinajstić information content (AvgIpc) is 2.59. The van der Waals surface area contributed by atoms with Crippen molar-refractivity contribution in [2.45, 2.75) is 19.6 Å². The molecule has 2 rings (SSSR count). The smallest absolute Gasteiger partial charge is 0.339 e. The van der Waals surface area contributed by atoms with Crippen LogP contribution in [0.1, 0.15) is 22.8 Å². The molecule has 0 fully saturated rings. The second-order valence-electron chi connectivity index (χ2n) is 5.27. The number of ether oxygens (including phenoxy) is 2. The van der Waals surface area contributed by atoms with Crippen LogP contribution < -0.4 is 10.1 Å². The van der Waals surface area contributed by atoms with E-state index in [0.717, 1.165) is 11.3 Å². The van der Waals surface area contributed by atoms with Crippen LogP contribution in [0.15, 0.2) is 42.5 Å². The topological polar surface area (TPSA) is 64.6 Å². The number of rotatable bonds is 6. The summed E-state index contributed by atoms with van der Waals surface area (Å²) >= 11 is 11.7. The number of carbonyl (C=O) groups is 2. The number of carbonyl (C=O) groups excluding carboxylic acids is 2. The molecular formula is C18H17Cl2NO4. The molecule has 2 aromatic rings. The zero-order chi connectivity index (χ0) is 18.4. The van der Waals surface area contributed by atoms with E-state index in [9.17, 15) is 9.59 Å². The first-order valence-electron chi connectivity index (χ1n) is 7.46. The fourth-order valence-corrected chi connectivity index (χ4v) is 2.56. The van der Waals surface area contributed by atoms with Crippen molar-refractivity contribution in [1.82, 2.24) is 5.32 Å². The van der Waals surface area contributed by atoms with E-state index in [1.807, 2.05) is 12.1 Å². The van der Waals surface area contributed by atoms with Gasteiger partial charge in [0.2, 0.25) is 0 Å². The maximum atomic E-state index is 12.1. The molecule has 0 aromatic heterocycles. The number of methoxy groups -OCH3 is 1. The van der Waals surface area contributed by atoms with Crippen LogP contribution in [0.25, 0.3) is 0 Å². The van der Waals surface area contributed by atoms with Crippen LogP contribution in [-0.4, -0.2) is 25.1 Å². The van der Waals surface area contributed by atoms with Gasteiger partial charge in [0.05, 0.1) is 12.7 Å². The van der Waals surface area contributed by atoms with Gasteiger partial charge < -0.3 is 14.8 Å². The van der Waals surface area contributed by atoms with Gasteiger partial charge in [0.15, 0.2) is 6.10 Å². The van der Waals surface area contributed by atoms with E-state index in [1.54, 1.807) is 19.2 Å². The highest BCUT2D eigenvalue weighted by molar-refractivity contribution is 6.35. The summed E-state index contributed by atoms with van der Waals surface area (Å²) in [6.45, 7) is 1.81. The number of esters is 1. The summed E-state index contributed by atoms with van der Waals surface area (Å²) in [5.41, 5.74) is 1.08. The third kappa shape index (κ3) is 5.66. The molecule has 0 spiro atoms. The Hall–Kier alpha value is -2.24. The fraction of sp³-hybridized carbons (Fsp3) is 0.222. The molecule has 2 aromatic carbocycles. The molecule has 7 heteroatoms. The molecule has 1 N–H and O–H groups in total. The van der Waals surface area contributed by atoms with E-state index in [1.165, 1.54) is 25.1 Å². The zero-order valence-electron chi connectivity index (χ0n) is 13.7. The highest BCUT2D eigenvalue weighted by atomic mass is 35.5. The minimum atomic E-state index is -0.955. The zero-order valence-corrected chi connectivity index (χ0v) is 15.2. The van der Waals surface area contributed by atoms with Crippen molar-refractivity contribution < 1.29 is 19.1 Å². The second-order valence-corrected chi connectivity index (χ2v) is 6.14. The highest BCUT2D eigenvalue weighted by Gasteiger charge is 2.19. The molecule has 0 aliphatic rings. The van der Waals surface area contributed by atoms with Crippen LogP contribution in [0.3, 0.4) is 0 Å². The van der Waals surface area contributed by atoms with Gasteiger partial charge in [-0.1, -0.05) is 35.3 Å². The SMILES string of the molecule is COc1ccc(CNC(=O)[C@H](C)OC(=O)c2cc(Cl)cc(Cl)c2)cc1. The Morgan fingerprint density at radius 3 is 2.24 bits per heavy atom. The maximum Gasteiger partial charge on any atom is 0.339 e. The quantitative estimate of drug-likeness (QED) is 0.771. The first-order valence-corrected chi connectivity index (χ1v) is 8.22. The number of benzene rings is 2. The van der Waals surface area contributed by atoms with Gasteiger partial charge in [0.1, 0.15) is 5.75 Å². The predicted molar refractivity (Wildman–Crippen MR) is 96.2 cm³/mol. The third-order valence-corrected chi connectivity index (χ3v) is 3.81. The average molecular weight is 382 g/mol. The molecule has 0 radical (unpaired) electrons. The van der Waals surface area contributed by atoms with Gasteiger partial charge >= 0.3 is 5.97 Å². The predicted octanol–water partition coefficient (Wildman–Crippen LogP) is 3.86. The Labute approximate surface area is 155 Å². The molecule has 0 saturated carbocycles. The molecule has 132 valence electrons. The molecule has 1 amide bonds. The maximum absolute atomic E-state index is 12.1. The number of hydrogen-bond donors (Lipinski definition) is 1. The number of nitrogens with one attached hydrogen (secondary N) is 1. The fourth-order valence-electron chi connectivity index (χ4n) is 2.03. The van der Waals surface area contributed by atoms with Gasteiger partial charge in [0.25, 0.3) is 5.91 Å². The van der Waals surface area contributed by atoms with Crippen LogP contribution in [0.5, 0.6) is 5.75 Å². The van der Waals surface area contributed by atoms with Crippen molar-refractivity contribution in [3.8, 4) is 5.75 Å². The van der Waals surface area contributed by atoms with Crippen molar-refractivity contribution in [3.63, 3.8) is 0 Å². The van der Waals surface area contributed by atoms with Crippen LogP contribution in [-0.2, 0) is 16.1 Å². The molecular weight excluding hydrogens is 365 g/mol. The van der Waals surface area contributed by atoms with Crippen molar-refractivity contribution in [2.24, 2.45) is 0 Å². The summed E-state index contributed by atoms with van der Waals surface area (Å²) in [6, 6.07) is 11.6. The second kappa shape index (κ2) is 8.74. The molecule has 0 aliphatic carbocycles. The summed E-state index contributed by atoms with van der Waals surface area (Å²) < 4.78 is 10.2. The molecule has 5 nitrogen and oxygen atoms in total. The minimum absolute atomic E-state index is 0.187. The Morgan fingerprint density at radius 1 is 1.08 bits per heavy atom. The van der Waals surface area contributed by atoms with E-state index < -0.39 is 18.0 Å². The van der Waals surface area contributed by atoms with E-state index in [-0.39, 0.29) is 5.56 Å². The summed E-state index contributed by atoms with van der Waals surface area (Å²) in [5.74, 6) is -0.341. The van der Waals surface area contributed by atoms with E-state index in [0.29, 0.717) is 16.6 Å². The van der Waals surface area contributed by atoms with Gasteiger partial charge in [-0.15, -0.1) is 0 Å². The van der Waals surface area contributed by atoms with Crippen molar-refractivity contribution in [2.75, 3.05) is 7.11 Å².